The predicted octanol–water partition coefficient (Wildman–Crippen LogP) is 3.61. The lowest BCUT2D eigenvalue weighted by atomic mass is 10.0. The lowest BCUT2D eigenvalue weighted by Crippen LogP contribution is -2.15. The largest absolute Gasteiger partial charge is 0.496 e. The molecule has 0 fully saturated rings. The molecule has 0 aliphatic heterocycles. The first kappa shape index (κ1) is 20.0. The number of hydrogen-bond donors (Lipinski definition) is 1. The maximum atomic E-state index is 12.0. The summed E-state index contributed by atoms with van der Waals surface area (Å²) in [5.74, 6) is 0.946. The summed E-state index contributed by atoms with van der Waals surface area (Å²) < 4.78 is 17.9. The summed E-state index contributed by atoms with van der Waals surface area (Å²) >= 11 is 0. The van der Waals surface area contributed by atoms with E-state index < -0.39 is 5.97 Å². The van der Waals surface area contributed by atoms with Crippen molar-refractivity contribution in [1.29, 1.82) is 0 Å². The predicted molar refractivity (Wildman–Crippen MR) is 111 cm³/mol. The molecule has 29 heavy (non-hydrogen) atoms. The van der Waals surface area contributed by atoms with Crippen LogP contribution in [0.15, 0.2) is 59.5 Å². The zero-order valence-corrected chi connectivity index (χ0v) is 16.5. The zero-order chi connectivity index (χ0) is 21.0. The van der Waals surface area contributed by atoms with Gasteiger partial charge in [-0.2, -0.15) is 0 Å². The summed E-state index contributed by atoms with van der Waals surface area (Å²) in [5, 5.41) is 0. The number of aromatic nitrogens is 1. The number of nitrogen functional groups attached to an aromatic ring is 1. The summed E-state index contributed by atoms with van der Waals surface area (Å²) in [6.07, 6.45) is 1.66. The van der Waals surface area contributed by atoms with Crippen LogP contribution in [-0.2, 0) is 11.8 Å². The Kier molecular flexibility index (Phi) is 5.87. The van der Waals surface area contributed by atoms with Crippen LogP contribution in [0.5, 0.6) is 17.2 Å². The molecule has 1 heterocycles. The molecular weight excluding hydrogens is 372 g/mol. The second-order valence-corrected chi connectivity index (χ2v) is 6.31. The number of hydrogen-bond acceptors (Lipinski definition) is 6. The molecule has 0 atom stereocenters. The van der Waals surface area contributed by atoms with E-state index in [0.717, 1.165) is 0 Å². The van der Waals surface area contributed by atoms with E-state index in [1.165, 1.54) is 17.7 Å². The van der Waals surface area contributed by atoms with E-state index in [0.29, 0.717) is 46.2 Å². The fourth-order valence-electron chi connectivity index (χ4n) is 2.86. The van der Waals surface area contributed by atoms with E-state index in [9.17, 15) is 9.59 Å². The molecule has 2 N–H and O–H groups in total. The zero-order valence-electron chi connectivity index (χ0n) is 16.5. The van der Waals surface area contributed by atoms with E-state index in [1.807, 2.05) is 0 Å². The number of esters is 1. The second kappa shape index (κ2) is 8.52. The Morgan fingerprint density at radius 3 is 2.59 bits per heavy atom. The molecule has 0 amide bonds. The standard InChI is InChI=1S/C22H22N2O5/c1-4-28-22(26)14-6-5-7-16(10-14)29-19-9-8-15(23)11-17(19)18-13-24(2)21(25)12-20(18)27-3/h5-13H,4,23H2,1-3H3. The van der Waals surface area contributed by atoms with Crippen LogP contribution in [0.1, 0.15) is 17.3 Å². The topological polar surface area (TPSA) is 92.8 Å². The molecule has 0 spiro atoms. The minimum atomic E-state index is -0.421. The highest BCUT2D eigenvalue weighted by molar-refractivity contribution is 5.90. The van der Waals surface area contributed by atoms with Gasteiger partial charge in [-0.25, -0.2) is 4.79 Å². The molecule has 3 rings (SSSR count). The first-order valence-electron chi connectivity index (χ1n) is 9.02. The SMILES string of the molecule is CCOC(=O)c1cccc(Oc2ccc(N)cc2-c2cn(C)c(=O)cc2OC)c1. The van der Waals surface area contributed by atoms with E-state index in [1.54, 1.807) is 62.6 Å². The molecule has 0 bridgehead atoms. The summed E-state index contributed by atoms with van der Waals surface area (Å²) in [7, 11) is 3.15. The van der Waals surface area contributed by atoms with E-state index in [-0.39, 0.29) is 5.56 Å². The fraction of sp³-hybridized carbons (Fsp3) is 0.182. The summed E-state index contributed by atoms with van der Waals surface area (Å²) in [4.78, 5) is 24.0. The van der Waals surface area contributed by atoms with E-state index in [2.05, 4.69) is 0 Å². The summed E-state index contributed by atoms with van der Waals surface area (Å²) in [5.41, 5.74) is 8.02. The fourth-order valence-corrected chi connectivity index (χ4v) is 2.86. The van der Waals surface area contributed by atoms with Gasteiger partial charge in [-0.1, -0.05) is 6.07 Å². The van der Waals surface area contributed by atoms with Crippen LogP contribution < -0.4 is 20.8 Å². The number of rotatable bonds is 6. The van der Waals surface area contributed by atoms with Crippen molar-refractivity contribution in [3.8, 4) is 28.4 Å². The average Bonchev–Trinajstić information content (AvgIpc) is 2.71. The minimum absolute atomic E-state index is 0.195. The molecular formula is C22H22N2O5. The van der Waals surface area contributed by atoms with Crippen LogP contribution in [0, 0.1) is 0 Å². The Labute approximate surface area is 168 Å². The van der Waals surface area contributed by atoms with E-state index >= 15 is 0 Å². The first-order valence-corrected chi connectivity index (χ1v) is 9.02. The number of anilines is 1. The van der Waals surface area contributed by atoms with Crippen LogP contribution in [0.4, 0.5) is 5.69 Å². The highest BCUT2D eigenvalue weighted by Crippen LogP contribution is 2.39. The third kappa shape index (κ3) is 4.40. The number of nitrogens with two attached hydrogens (primary N) is 1. The van der Waals surface area contributed by atoms with Crippen molar-refractivity contribution in [2.75, 3.05) is 19.5 Å². The van der Waals surface area contributed by atoms with Gasteiger partial charge in [0.05, 0.1) is 19.3 Å². The molecule has 3 aromatic rings. The van der Waals surface area contributed by atoms with Gasteiger partial charge in [-0.05, 0) is 43.3 Å². The number of benzene rings is 2. The lowest BCUT2D eigenvalue weighted by molar-refractivity contribution is 0.0526. The van der Waals surface area contributed by atoms with Crippen molar-refractivity contribution in [2.45, 2.75) is 6.92 Å². The van der Waals surface area contributed by atoms with Crippen molar-refractivity contribution in [1.82, 2.24) is 4.57 Å². The van der Waals surface area contributed by atoms with Crippen LogP contribution in [0.3, 0.4) is 0 Å². The third-order valence-electron chi connectivity index (χ3n) is 4.28. The molecule has 0 radical (unpaired) electrons. The smallest absolute Gasteiger partial charge is 0.338 e. The van der Waals surface area contributed by atoms with Crippen molar-refractivity contribution >= 4 is 11.7 Å². The van der Waals surface area contributed by atoms with Crippen LogP contribution in [0.25, 0.3) is 11.1 Å². The quantitative estimate of drug-likeness (QED) is 0.507. The molecule has 0 aliphatic carbocycles. The molecule has 150 valence electrons. The Morgan fingerprint density at radius 1 is 1.07 bits per heavy atom. The van der Waals surface area contributed by atoms with Crippen molar-refractivity contribution < 1.29 is 19.0 Å². The highest BCUT2D eigenvalue weighted by atomic mass is 16.5. The van der Waals surface area contributed by atoms with Crippen LogP contribution in [-0.4, -0.2) is 24.3 Å². The first-order chi connectivity index (χ1) is 13.9. The van der Waals surface area contributed by atoms with Gasteiger partial charge in [-0.15, -0.1) is 0 Å². The number of aryl methyl sites for hydroxylation is 1. The van der Waals surface area contributed by atoms with Gasteiger partial charge in [0.1, 0.15) is 17.2 Å². The third-order valence-corrected chi connectivity index (χ3v) is 4.28. The monoisotopic (exact) mass is 394 g/mol. The molecule has 0 unspecified atom stereocenters. The molecule has 0 saturated carbocycles. The van der Waals surface area contributed by atoms with E-state index in [4.69, 9.17) is 19.9 Å². The highest BCUT2D eigenvalue weighted by Gasteiger charge is 2.16. The second-order valence-electron chi connectivity index (χ2n) is 6.31. The van der Waals surface area contributed by atoms with Gasteiger partial charge < -0.3 is 24.5 Å². The van der Waals surface area contributed by atoms with Crippen LogP contribution >= 0.6 is 0 Å². The average molecular weight is 394 g/mol. The molecule has 0 saturated heterocycles. The van der Waals surface area contributed by atoms with Crippen molar-refractivity contribution in [3.05, 3.63) is 70.6 Å². The molecule has 7 heteroatoms. The van der Waals surface area contributed by atoms with Crippen molar-refractivity contribution in [2.24, 2.45) is 7.05 Å². The summed E-state index contributed by atoms with van der Waals surface area (Å²) in [6.45, 7) is 2.04. The molecule has 2 aromatic carbocycles. The molecule has 1 aromatic heterocycles. The number of pyridine rings is 1. The molecule has 0 aliphatic rings. The maximum absolute atomic E-state index is 12.0. The lowest BCUT2D eigenvalue weighted by Gasteiger charge is -2.16. The van der Waals surface area contributed by atoms with Crippen molar-refractivity contribution in [3.63, 3.8) is 0 Å². The number of carbonyl (C=O) groups is 1. The Hall–Kier alpha value is -3.74. The Balaban J connectivity index is 2.06. The van der Waals surface area contributed by atoms with Crippen LogP contribution in [0.2, 0.25) is 0 Å². The minimum Gasteiger partial charge on any atom is -0.496 e. The maximum Gasteiger partial charge on any atom is 0.338 e. The number of ether oxygens (including phenoxy) is 3. The number of carbonyl (C=O) groups excluding carboxylic acids is 1. The van der Waals surface area contributed by atoms with Gasteiger partial charge in [-0.3, -0.25) is 4.79 Å². The summed E-state index contributed by atoms with van der Waals surface area (Å²) in [6, 6.07) is 13.3. The van der Waals surface area contributed by atoms with Gasteiger partial charge in [0.25, 0.3) is 5.56 Å². The number of nitrogens with zero attached hydrogens (tertiary/aromatic N) is 1. The van der Waals surface area contributed by atoms with Gasteiger partial charge in [0, 0.05) is 36.1 Å². The molecule has 7 nitrogen and oxygen atoms in total. The van der Waals surface area contributed by atoms with Gasteiger partial charge in [0.2, 0.25) is 0 Å². The van der Waals surface area contributed by atoms with Gasteiger partial charge in [0.15, 0.2) is 0 Å². The Bertz CT molecular complexity index is 1100. The number of methoxy groups -OCH3 is 1. The Morgan fingerprint density at radius 2 is 1.86 bits per heavy atom. The van der Waals surface area contributed by atoms with Gasteiger partial charge >= 0.3 is 5.97 Å². The normalized spacial score (nSPS) is 10.4.